The Morgan fingerprint density at radius 2 is 0.833 bits per heavy atom. The SMILES string of the molecule is COc1ccc2c3cccc4c(OC)ccc(c5cccc1c52)c43. The molecule has 0 N–H and O–H groups in total. The Balaban J connectivity index is 2.17. The molecule has 0 saturated heterocycles. The maximum Gasteiger partial charge on any atom is 0.126 e. The second-order valence-corrected chi connectivity index (χ2v) is 6.09. The molecule has 0 unspecified atom stereocenters. The Kier molecular flexibility index (Phi) is 2.66. The summed E-state index contributed by atoms with van der Waals surface area (Å²) < 4.78 is 11.2. The zero-order valence-electron chi connectivity index (χ0n) is 13.6. The molecule has 5 aromatic rings. The maximum atomic E-state index is 5.58. The highest BCUT2D eigenvalue weighted by Gasteiger charge is 2.16. The molecule has 0 saturated carbocycles. The van der Waals surface area contributed by atoms with Gasteiger partial charge in [0.2, 0.25) is 0 Å². The van der Waals surface area contributed by atoms with Gasteiger partial charge in [-0.2, -0.15) is 0 Å². The minimum atomic E-state index is 0.916. The number of methoxy groups -OCH3 is 2. The van der Waals surface area contributed by atoms with Gasteiger partial charge in [-0.25, -0.2) is 0 Å². The zero-order valence-corrected chi connectivity index (χ0v) is 13.6. The maximum absolute atomic E-state index is 5.58. The topological polar surface area (TPSA) is 18.5 Å². The Bertz CT molecular complexity index is 1100. The Hall–Kier alpha value is -3.00. The molecule has 0 aromatic heterocycles. The first kappa shape index (κ1) is 13.4. The second-order valence-electron chi connectivity index (χ2n) is 6.09. The van der Waals surface area contributed by atoms with Crippen molar-refractivity contribution in [2.75, 3.05) is 14.2 Å². The number of ether oxygens (including phenoxy) is 2. The lowest BCUT2D eigenvalue weighted by molar-refractivity contribution is 0.420. The summed E-state index contributed by atoms with van der Waals surface area (Å²) in [4.78, 5) is 0. The Labute approximate surface area is 139 Å². The van der Waals surface area contributed by atoms with E-state index in [1.807, 2.05) is 0 Å². The van der Waals surface area contributed by atoms with Crippen molar-refractivity contribution in [3.8, 4) is 11.5 Å². The predicted octanol–water partition coefficient (Wildman–Crippen LogP) is 5.75. The van der Waals surface area contributed by atoms with Crippen LogP contribution in [-0.2, 0) is 0 Å². The molecule has 116 valence electrons. The van der Waals surface area contributed by atoms with Crippen LogP contribution in [0.5, 0.6) is 11.5 Å². The van der Waals surface area contributed by atoms with Gasteiger partial charge in [-0.05, 0) is 33.7 Å². The lowest BCUT2D eigenvalue weighted by Crippen LogP contribution is -1.91. The molecule has 0 aliphatic rings. The molecule has 0 radical (unpaired) electrons. The molecule has 5 aromatic carbocycles. The normalized spacial score (nSPS) is 11.8. The first-order chi connectivity index (χ1) is 11.8. The number of hydrogen-bond acceptors (Lipinski definition) is 2. The third-order valence-corrected chi connectivity index (χ3v) is 5.02. The molecule has 0 aliphatic carbocycles. The van der Waals surface area contributed by atoms with E-state index in [1.54, 1.807) is 14.2 Å². The van der Waals surface area contributed by atoms with Gasteiger partial charge >= 0.3 is 0 Å². The van der Waals surface area contributed by atoms with Gasteiger partial charge in [-0.15, -0.1) is 0 Å². The fraction of sp³-hybridized carbons (Fsp3) is 0.0909. The van der Waals surface area contributed by atoms with Crippen LogP contribution in [0.4, 0.5) is 0 Å². The molecule has 0 aliphatic heterocycles. The lowest BCUT2D eigenvalue weighted by Gasteiger charge is -2.17. The summed E-state index contributed by atoms with van der Waals surface area (Å²) in [5.74, 6) is 1.83. The fourth-order valence-corrected chi connectivity index (χ4v) is 4.01. The second kappa shape index (κ2) is 4.75. The third-order valence-electron chi connectivity index (χ3n) is 5.02. The van der Waals surface area contributed by atoms with E-state index >= 15 is 0 Å². The summed E-state index contributed by atoms with van der Waals surface area (Å²) in [5, 5.41) is 9.88. The van der Waals surface area contributed by atoms with Crippen LogP contribution in [0.15, 0.2) is 60.7 Å². The van der Waals surface area contributed by atoms with Gasteiger partial charge in [-0.1, -0.05) is 48.5 Å². The summed E-state index contributed by atoms with van der Waals surface area (Å²) in [6, 6.07) is 21.3. The Morgan fingerprint density at radius 3 is 1.25 bits per heavy atom. The number of hydrogen-bond donors (Lipinski definition) is 0. The first-order valence-corrected chi connectivity index (χ1v) is 8.03. The molecule has 24 heavy (non-hydrogen) atoms. The predicted molar refractivity (Wildman–Crippen MR) is 101 cm³/mol. The number of fused-ring (bicyclic) bond motifs is 2. The van der Waals surface area contributed by atoms with Crippen LogP contribution < -0.4 is 9.47 Å². The third kappa shape index (κ3) is 1.55. The average Bonchev–Trinajstić information content (AvgIpc) is 2.65. The standard InChI is InChI=1S/C22H16O2/c1-23-19-11-9-15-14-6-4-8-18-20(24-2)12-10-16(22(14)18)13-5-3-7-17(19)21(13)15/h3-12H,1-2H3. The molecule has 0 bridgehead atoms. The molecular formula is C22H16O2. The van der Waals surface area contributed by atoms with E-state index in [4.69, 9.17) is 9.47 Å². The van der Waals surface area contributed by atoms with Gasteiger partial charge in [-0.3, -0.25) is 0 Å². The molecule has 2 heteroatoms. The van der Waals surface area contributed by atoms with E-state index in [2.05, 4.69) is 60.7 Å². The van der Waals surface area contributed by atoms with Gasteiger partial charge in [0.1, 0.15) is 11.5 Å². The van der Waals surface area contributed by atoms with Gasteiger partial charge < -0.3 is 9.47 Å². The lowest BCUT2D eigenvalue weighted by atomic mass is 9.89. The summed E-state index contributed by atoms with van der Waals surface area (Å²) in [6.07, 6.45) is 0. The number of rotatable bonds is 2. The van der Waals surface area contributed by atoms with Crippen molar-refractivity contribution < 1.29 is 9.47 Å². The summed E-state index contributed by atoms with van der Waals surface area (Å²) >= 11 is 0. The van der Waals surface area contributed by atoms with E-state index in [1.165, 1.54) is 32.3 Å². The summed E-state index contributed by atoms with van der Waals surface area (Å²) in [6.45, 7) is 0. The van der Waals surface area contributed by atoms with Gasteiger partial charge in [0, 0.05) is 21.5 Å². The van der Waals surface area contributed by atoms with Gasteiger partial charge in [0.15, 0.2) is 0 Å². The van der Waals surface area contributed by atoms with E-state index < -0.39 is 0 Å². The van der Waals surface area contributed by atoms with Crippen LogP contribution in [0.2, 0.25) is 0 Å². The molecule has 0 heterocycles. The highest BCUT2D eigenvalue weighted by Crippen LogP contribution is 2.44. The quantitative estimate of drug-likeness (QED) is 0.305. The van der Waals surface area contributed by atoms with Crippen LogP contribution in [0.1, 0.15) is 0 Å². The minimum absolute atomic E-state index is 0.916. The van der Waals surface area contributed by atoms with Gasteiger partial charge in [0.25, 0.3) is 0 Å². The fourth-order valence-electron chi connectivity index (χ4n) is 4.01. The zero-order chi connectivity index (χ0) is 16.3. The van der Waals surface area contributed by atoms with Crippen molar-refractivity contribution in [2.45, 2.75) is 0 Å². The van der Waals surface area contributed by atoms with Crippen LogP contribution in [-0.4, -0.2) is 14.2 Å². The van der Waals surface area contributed by atoms with Crippen LogP contribution in [0.25, 0.3) is 43.1 Å². The van der Waals surface area contributed by atoms with Crippen molar-refractivity contribution in [1.82, 2.24) is 0 Å². The monoisotopic (exact) mass is 312 g/mol. The van der Waals surface area contributed by atoms with Crippen LogP contribution in [0.3, 0.4) is 0 Å². The molecular weight excluding hydrogens is 296 g/mol. The molecule has 0 atom stereocenters. The first-order valence-electron chi connectivity index (χ1n) is 8.03. The largest absolute Gasteiger partial charge is 0.496 e. The smallest absolute Gasteiger partial charge is 0.126 e. The molecule has 5 rings (SSSR count). The number of benzene rings is 5. The van der Waals surface area contributed by atoms with E-state index in [0.717, 1.165) is 22.3 Å². The molecule has 0 fully saturated rings. The van der Waals surface area contributed by atoms with Crippen LogP contribution in [0, 0.1) is 0 Å². The highest BCUT2D eigenvalue weighted by molar-refractivity contribution is 6.33. The summed E-state index contributed by atoms with van der Waals surface area (Å²) in [7, 11) is 3.46. The van der Waals surface area contributed by atoms with Gasteiger partial charge in [0.05, 0.1) is 14.2 Å². The Morgan fingerprint density at radius 1 is 0.458 bits per heavy atom. The average molecular weight is 312 g/mol. The highest BCUT2D eigenvalue weighted by atomic mass is 16.5. The van der Waals surface area contributed by atoms with Crippen molar-refractivity contribution >= 4 is 43.1 Å². The van der Waals surface area contributed by atoms with Crippen molar-refractivity contribution in [2.24, 2.45) is 0 Å². The summed E-state index contributed by atoms with van der Waals surface area (Å²) in [5.41, 5.74) is 0. The van der Waals surface area contributed by atoms with Crippen LogP contribution >= 0.6 is 0 Å². The van der Waals surface area contributed by atoms with Crippen molar-refractivity contribution in [3.63, 3.8) is 0 Å². The molecule has 0 spiro atoms. The van der Waals surface area contributed by atoms with E-state index in [0.29, 0.717) is 0 Å². The minimum Gasteiger partial charge on any atom is -0.496 e. The van der Waals surface area contributed by atoms with Crippen molar-refractivity contribution in [1.29, 1.82) is 0 Å². The molecule has 2 nitrogen and oxygen atoms in total. The molecule has 0 amide bonds. The van der Waals surface area contributed by atoms with E-state index in [9.17, 15) is 0 Å². The van der Waals surface area contributed by atoms with E-state index in [-0.39, 0.29) is 0 Å². The van der Waals surface area contributed by atoms with Crippen molar-refractivity contribution in [3.05, 3.63) is 60.7 Å².